The average molecular weight is 349 g/mol. The van der Waals surface area contributed by atoms with Crippen LogP contribution < -0.4 is 10.1 Å². The third kappa shape index (κ3) is 4.51. The zero-order chi connectivity index (χ0) is 18.3. The number of carbonyl (C=O) groups excluding carboxylic acids is 2. The van der Waals surface area contributed by atoms with Crippen LogP contribution in [0.3, 0.4) is 0 Å². The molecule has 1 aliphatic carbocycles. The highest BCUT2D eigenvalue weighted by Gasteiger charge is 2.39. The number of nitrogens with one attached hydrogen (secondary N) is 1. The summed E-state index contributed by atoms with van der Waals surface area (Å²) in [6.45, 7) is 2.39. The van der Waals surface area contributed by atoms with E-state index in [0.717, 1.165) is 25.7 Å². The molecule has 1 fully saturated rings. The monoisotopic (exact) mass is 349 g/mol. The van der Waals surface area contributed by atoms with Gasteiger partial charge in [0.15, 0.2) is 0 Å². The molecule has 1 aromatic rings. The first-order chi connectivity index (χ1) is 12.1. The van der Waals surface area contributed by atoms with Gasteiger partial charge in [-0.3, -0.25) is 4.79 Å². The number of rotatable bonds is 6. The Labute approximate surface area is 148 Å². The van der Waals surface area contributed by atoms with E-state index in [1.807, 2.05) is 6.92 Å². The summed E-state index contributed by atoms with van der Waals surface area (Å²) < 4.78 is 15.9. The molecule has 1 saturated carbocycles. The summed E-state index contributed by atoms with van der Waals surface area (Å²) >= 11 is 0. The van der Waals surface area contributed by atoms with Crippen molar-refractivity contribution in [3.05, 3.63) is 23.8 Å². The van der Waals surface area contributed by atoms with Gasteiger partial charge in [0.1, 0.15) is 16.9 Å². The lowest BCUT2D eigenvalue weighted by Gasteiger charge is -2.31. The van der Waals surface area contributed by atoms with Crippen LogP contribution in [-0.2, 0) is 14.3 Å². The SMILES string of the molecule is CCOC1(C(=O)Nc2ccc(OC)c(C(=O)OC)c2)CCCCCC1. The Morgan fingerprint density at radius 2 is 1.80 bits per heavy atom. The Balaban J connectivity index is 2.24. The van der Waals surface area contributed by atoms with Crippen LogP contribution in [0.5, 0.6) is 5.75 Å². The van der Waals surface area contributed by atoms with Crippen molar-refractivity contribution in [3.8, 4) is 5.75 Å². The molecule has 6 nitrogen and oxygen atoms in total. The zero-order valence-corrected chi connectivity index (χ0v) is 15.2. The number of hydrogen-bond acceptors (Lipinski definition) is 5. The smallest absolute Gasteiger partial charge is 0.341 e. The van der Waals surface area contributed by atoms with E-state index in [0.29, 0.717) is 30.9 Å². The van der Waals surface area contributed by atoms with Crippen molar-refractivity contribution in [2.75, 3.05) is 26.1 Å². The van der Waals surface area contributed by atoms with Crippen LogP contribution >= 0.6 is 0 Å². The van der Waals surface area contributed by atoms with E-state index in [2.05, 4.69) is 5.32 Å². The fraction of sp³-hybridized carbons (Fsp3) is 0.579. The average Bonchev–Trinajstić information content (AvgIpc) is 2.88. The maximum atomic E-state index is 13.0. The largest absolute Gasteiger partial charge is 0.496 e. The Morgan fingerprint density at radius 3 is 2.36 bits per heavy atom. The molecule has 2 rings (SSSR count). The molecule has 0 unspecified atom stereocenters. The maximum absolute atomic E-state index is 13.0. The quantitative estimate of drug-likeness (QED) is 0.628. The molecule has 0 aromatic heterocycles. The predicted molar refractivity (Wildman–Crippen MR) is 95.0 cm³/mol. The van der Waals surface area contributed by atoms with Crippen LogP contribution in [0.4, 0.5) is 5.69 Å². The highest BCUT2D eigenvalue weighted by atomic mass is 16.5. The fourth-order valence-electron chi connectivity index (χ4n) is 3.31. The van der Waals surface area contributed by atoms with E-state index >= 15 is 0 Å². The van der Waals surface area contributed by atoms with Crippen molar-refractivity contribution in [1.29, 1.82) is 0 Å². The van der Waals surface area contributed by atoms with E-state index in [4.69, 9.17) is 14.2 Å². The first-order valence-electron chi connectivity index (χ1n) is 8.78. The standard InChI is InChI=1S/C19H27NO5/c1-4-25-19(11-7-5-6-8-12-19)18(22)20-14-9-10-16(23-2)15(13-14)17(21)24-3/h9-10,13H,4-8,11-12H2,1-3H3,(H,20,22). The molecule has 0 heterocycles. The first kappa shape index (κ1) is 19.2. The lowest BCUT2D eigenvalue weighted by molar-refractivity contribution is -0.143. The summed E-state index contributed by atoms with van der Waals surface area (Å²) in [6, 6.07) is 4.92. The topological polar surface area (TPSA) is 73.9 Å². The molecule has 138 valence electrons. The molecule has 1 N–H and O–H groups in total. The van der Waals surface area contributed by atoms with E-state index in [1.54, 1.807) is 18.2 Å². The number of ether oxygens (including phenoxy) is 3. The van der Waals surface area contributed by atoms with Crippen molar-refractivity contribution in [2.24, 2.45) is 0 Å². The molecule has 0 radical (unpaired) electrons. The van der Waals surface area contributed by atoms with Crippen molar-refractivity contribution < 1.29 is 23.8 Å². The number of carbonyl (C=O) groups is 2. The van der Waals surface area contributed by atoms with Crippen LogP contribution in [0.15, 0.2) is 18.2 Å². The molecule has 1 aliphatic rings. The normalized spacial score (nSPS) is 16.6. The van der Waals surface area contributed by atoms with Gasteiger partial charge >= 0.3 is 5.97 Å². The molecule has 1 aromatic carbocycles. The number of anilines is 1. The summed E-state index contributed by atoms with van der Waals surface area (Å²) in [5.41, 5.74) is 0.0000141. The summed E-state index contributed by atoms with van der Waals surface area (Å²) in [6.07, 6.45) is 5.63. The van der Waals surface area contributed by atoms with Crippen LogP contribution in [0.1, 0.15) is 55.8 Å². The van der Waals surface area contributed by atoms with Gasteiger partial charge in [-0.25, -0.2) is 4.79 Å². The van der Waals surface area contributed by atoms with Gasteiger partial charge in [0.05, 0.1) is 14.2 Å². The second-order valence-corrected chi connectivity index (χ2v) is 6.20. The molecule has 25 heavy (non-hydrogen) atoms. The van der Waals surface area contributed by atoms with Crippen molar-refractivity contribution >= 4 is 17.6 Å². The van der Waals surface area contributed by atoms with Gasteiger partial charge in [-0.05, 0) is 38.0 Å². The molecular formula is C19H27NO5. The summed E-state index contributed by atoms with van der Waals surface area (Å²) in [7, 11) is 2.79. The van der Waals surface area contributed by atoms with E-state index in [-0.39, 0.29) is 11.5 Å². The van der Waals surface area contributed by atoms with Crippen molar-refractivity contribution in [3.63, 3.8) is 0 Å². The second kappa shape index (κ2) is 8.85. The number of amides is 1. The molecule has 0 bridgehead atoms. The summed E-state index contributed by atoms with van der Waals surface area (Å²) in [5, 5.41) is 2.91. The molecule has 0 aliphatic heterocycles. The lowest BCUT2D eigenvalue weighted by Crippen LogP contribution is -2.45. The second-order valence-electron chi connectivity index (χ2n) is 6.20. The van der Waals surface area contributed by atoms with Crippen LogP contribution in [0.25, 0.3) is 0 Å². The maximum Gasteiger partial charge on any atom is 0.341 e. The number of methoxy groups -OCH3 is 2. The highest BCUT2D eigenvalue weighted by molar-refractivity contribution is 5.99. The Morgan fingerprint density at radius 1 is 1.12 bits per heavy atom. The first-order valence-corrected chi connectivity index (χ1v) is 8.78. The molecule has 0 atom stereocenters. The van der Waals surface area contributed by atoms with Gasteiger partial charge in [0.25, 0.3) is 5.91 Å². The minimum atomic E-state index is -0.795. The van der Waals surface area contributed by atoms with Gasteiger partial charge in [0.2, 0.25) is 0 Å². The number of hydrogen-bond donors (Lipinski definition) is 1. The summed E-state index contributed by atoms with van der Waals surface area (Å²) in [4.78, 5) is 24.9. The van der Waals surface area contributed by atoms with Crippen LogP contribution in [0, 0.1) is 0 Å². The Bertz CT molecular complexity index is 606. The lowest BCUT2D eigenvalue weighted by atomic mass is 9.92. The fourth-order valence-corrected chi connectivity index (χ4v) is 3.31. The van der Waals surface area contributed by atoms with Gasteiger partial charge < -0.3 is 19.5 Å². The molecule has 6 heteroatoms. The van der Waals surface area contributed by atoms with Crippen molar-refractivity contribution in [2.45, 2.75) is 51.0 Å². The minimum Gasteiger partial charge on any atom is -0.496 e. The van der Waals surface area contributed by atoms with E-state index in [1.165, 1.54) is 14.2 Å². The van der Waals surface area contributed by atoms with Crippen molar-refractivity contribution in [1.82, 2.24) is 0 Å². The van der Waals surface area contributed by atoms with Crippen LogP contribution in [-0.4, -0.2) is 38.3 Å². The third-order valence-electron chi connectivity index (χ3n) is 4.61. The van der Waals surface area contributed by atoms with Gasteiger partial charge in [-0.2, -0.15) is 0 Å². The minimum absolute atomic E-state index is 0.155. The third-order valence-corrected chi connectivity index (χ3v) is 4.61. The predicted octanol–water partition coefficient (Wildman–Crippen LogP) is 3.55. The Kier molecular flexibility index (Phi) is 6.82. The zero-order valence-electron chi connectivity index (χ0n) is 15.2. The highest BCUT2D eigenvalue weighted by Crippen LogP contribution is 2.32. The van der Waals surface area contributed by atoms with Gasteiger partial charge in [0, 0.05) is 12.3 Å². The van der Waals surface area contributed by atoms with E-state index in [9.17, 15) is 9.59 Å². The number of benzene rings is 1. The molecule has 1 amide bonds. The molecular weight excluding hydrogens is 322 g/mol. The van der Waals surface area contributed by atoms with E-state index < -0.39 is 11.6 Å². The van der Waals surface area contributed by atoms with Gasteiger partial charge in [-0.15, -0.1) is 0 Å². The van der Waals surface area contributed by atoms with Gasteiger partial charge in [-0.1, -0.05) is 25.7 Å². The summed E-state index contributed by atoms with van der Waals surface area (Å²) in [5.74, 6) is -0.266. The molecule has 0 saturated heterocycles. The van der Waals surface area contributed by atoms with Crippen LogP contribution in [0.2, 0.25) is 0 Å². The Hall–Kier alpha value is -2.08. The molecule has 0 spiro atoms. The number of esters is 1.